The van der Waals surface area contributed by atoms with Crippen LogP contribution in [-0.4, -0.2) is 45.6 Å². The smallest absolute Gasteiger partial charge is 0.254 e. The van der Waals surface area contributed by atoms with Crippen molar-refractivity contribution in [3.05, 3.63) is 86.2 Å². The summed E-state index contributed by atoms with van der Waals surface area (Å²) in [5.41, 5.74) is 17.8. The zero-order valence-corrected chi connectivity index (χ0v) is 20.3. The Labute approximate surface area is 211 Å². The van der Waals surface area contributed by atoms with Crippen LogP contribution in [0.5, 0.6) is 0 Å². The van der Waals surface area contributed by atoms with Gasteiger partial charge in [0.25, 0.3) is 5.56 Å². The second-order valence-electron chi connectivity index (χ2n) is 8.02. The molecule has 0 aliphatic heterocycles. The van der Waals surface area contributed by atoms with Crippen molar-refractivity contribution in [1.82, 2.24) is 14.9 Å². The third kappa shape index (κ3) is 7.34. The number of guanidine groups is 1. The van der Waals surface area contributed by atoms with Crippen LogP contribution in [0.3, 0.4) is 0 Å². The summed E-state index contributed by atoms with van der Waals surface area (Å²) in [6.45, 7) is 0.0697. The molecule has 12 heteroatoms. The second kappa shape index (κ2) is 12.4. The van der Waals surface area contributed by atoms with Crippen molar-refractivity contribution in [3.63, 3.8) is 0 Å². The molecule has 0 saturated heterocycles. The van der Waals surface area contributed by atoms with Gasteiger partial charge in [-0.25, -0.2) is 4.98 Å². The van der Waals surface area contributed by atoms with E-state index in [-0.39, 0.29) is 34.7 Å². The van der Waals surface area contributed by atoms with Crippen LogP contribution in [-0.2, 0) is 17.8 Å². The van der Waals surface area contributed by atoms with Gasteiger partial charge in [0, 0.05) is 41.9 Å². The highest BCUT2D eigenvalue weighted by atomic mass is 32.1. The van der Waals surface area contributed by atoms with E-state index in [2.05, 4.69) is 15.3 Å². The van der Waals surface area contributed by atoms with E-state index in [9.17, 15) is 14.4 Å². The molecule has 2 heterocycles. The number of ketones is 1. The minimum Gasteiger partial charge on any atom is -0.384 e. The first-order valence-electron chi connectivity index (χ1n) is 11.1. The van der Waals surface area contributed by atoms with Gasteiger partial charge in [0.15, 0.2) is 11.0 Å². The lowest BCUT2D eigenvalue weighted by Crippen LogP contribution is -2.43. The number of carbonyl (C=O) groups excluding carboxylic acids is 2. The Bertz CT molecular complexity index is 1300. The molecule has 0 radical (unpaired) electrons. The molecule has 3 aromatic rings. The van der Waals surface area contributed by atoms with E-state index in [4.69, 9.17) is 22.6 Å². The van der Waals surface area contributed by atoms with E-state index in [1.807, 2.05) is 0 Å². The number of aromatic nitrogens is 2. The second-order valence-corrected chi connectivity index (χ2v) is 8.92. The van der Waals surface area contributed by atoms with Crippen LogP contribution in [0, 0.1) is 5.41 Å². The molecule has 0 unspecified atom stereocenters. The monoisotopic (exact) mass is 508 g/mol. The Kier molecular flexibility index (Phi) is 9.06. The van der Waals surface area contributed by atoms with E-state index in [0.717, 1.165) is 5.56 Å². The van der Waals surface area contributed by atoms with E-state index in [1.165, 1.54) is 28.3 Å². The van der Waals surface area contributed by atoms with E-state index >= 15 is 0 Å². The summed E-state index contributed by atoms with van der Waals surface area (Å²) in [5, 5.41) is 12.2. The minimum atomic E-state index is -0.823. The van der Waals surface area contributed by atoms with Gasteiger partial charge in [0.1, 0.15) is 12.4 Å². The molecular weight excluding hydrogens is 480 g/mol. The number of aliphatic imine (C=N–C) groups is 1. The average Bonchev–Trinajstić information content (AvgIpc) is 3.38. The number of nitrogens with one attached hydrogen (secondary N) is 2. The number of thiazole rings is 1. The van der Waals surface area contributed by atoms with Gasteiger partial charge in [-0.3, -0.25) is 24.8 Å². The van der Waals surface area contributed by atoms with Crippen molar-refractivity contribution in [3.8, 4) is 0 Å². The molecule has 0 fully saturated rings. The zero-order valence-electron chi connectivity index (χ0n) is 19.5. The molecule has 1 aromatic carbocycles. The first-order valence-corrected chi connectivity index (χ1v) is 12.0. The van der Waals surface area contributed by atoms with Crippen LogP contribution < -0.4 is 28.1 Å². The summed E-state index contributed by atoms with van der Waals surface area (Å²) >= 11 is 1.19. The zero-order chi connectivity index (χ0) is 26.1. The number of nitrogens with zero attached hydrogens (tertiary/aromatic N) is 3. The minimum absolute atomic E-state index is 0.0301. The molecule has 11 nitrogen and oxygen atoms in total. The van der Waals surface area contributed by atoms with Gasteiger partial charge in [0.05, 0.1) is 6.04 Å². The molecular formula is C24H28N8O3S. The largest absolute Gasteiger partial charge is 0.384 e. The van der Waals surface area contributed by atoms with Gasteiger partial charge in [-0.15, -0.1) is 11.3 Å². The van der Waals surface area contributed by atoms with Crippen molar-refractivity contribution in [2.45, 2.75) is 31.8 Å². The molecule has 8 N–H and O–H groups in total. The topological polar surface area (TPSA) is 195 Å². The van der Waals surface area contributed by atoms with Crippen molar-refractivity contribution >= 4 is 34.8 Å². The molecule has 1 amide bonds. The van der Waals surface area contributed by atoms with Crippen molar-refractivity contribution in [2.75, 3.05) is 6.54 Å². The summed E-state index contributed by atoms with van der Waals surface area (Å²) in [7, 11) is 0. The number of amidine groups is 1. The lowest BCUT2D eigenvalue weighted by Gasteiger charge is -2.17. The normalized spacial score (nSPS) is 11.4. The fourth-order valence-corrected chi connectivity index (χ4v) is 4.16. The van der Waals surface area contributed by atoms with Gasteiger partial charge < -0.3 is 27.1 Å². The number of nitrogen functional groups attached to an aromatic ring is 1. The number of nitrogens with two attached hydrogens (primary N) is 3. The maximum atomic E-state index is 13.0. The highest BCUT2D eigenvalue weighted by molar-refractivity contribution is 7.11. The fraction of sp³-hybridized carbons (Fsp3) is 0.250. The predicted molar refractivity (Wildman–Crippen MR) is 139 cm³/mol. The number of hydrogen-bond donors (Lipinski definition) is 5. The van der Waals surface area contributed by atoms with Crippen molar-refractivity contribution < 1.29 is 9.59 Å². The Morgan fingerprint density at radius 2 is 1.92 bits per heavy atom. The third-order valence-electron chi connectivity index (χ3n) is 5.31. The Hall–Kier alpha value is -4.32. The summed E-state index contributed by atoms with van der Waals surface area (Å²) in [6.07, 6.45) is 4.19. The third-order valence-corrected chi connectivity index (χ3v) is 6.10. The van der Waals surface area contributed by atoms with Crippen LogP contribution in [0.2, 0.25) is 0 Å². The van der Waals surface area contributed by atoms with Gasteiger partial charge in [0.2, 0.25) is 11.7 Å². The average molecular weight is 509 g/mol. The predicted octanol–water partition coefficient (Wildman–Crippen LogP) is 0.601. The molecule has 2 aromatic heterocycles. The maximum absolute atomic E-state index is 13.0. The van der Waals surface area contributed by atoms with E-state index in [0.29, 0.717) is 36.9 Å². The van der Waals surface area contributed by atoms with Gasteiger partial charge in [-0.1, -0.05) is 30.3 Å². The van der Waals surface area contributed by atoms with Gasteiger partial charge >= 0.3 is 0 Å². The maximum Gasteiger partial charge on any atom is 0.254 e. The number of rotatable bonds is 12. The van der Waals surface area contributed by atoms with E-state index < -0.39 is 11.9 Å². The number of amides is 1. The molecule has 0 spiro atoms. The quantitative estimate of drug-likeness (QED) is 0.102. The molecule has 36 heavy (non-hydrogen) atoms. The standard InChI is InChI=1S/C24H28N8O3S/c25-21(26)16-7-5-15(6-8-16)13-17-3-2-11-32(23(17)35)14-19(33)31-18(4-1-9-30-24(27)28)20(34)22-29-10-12-36-22/h2-3,5-8,10-12,18H,1,4,9,13-14H2,(H3,25,26)(H,31,33)(H4,27,28,30)/t18-/m0/s1. The Morgan fingerprint density at radius 3 is 2.56 bits per heavy atom. The molecule has 0 bridgehead atoms. The SMILES string of the molecule is N=C(N)c1ccc(Cc2cccn(CC(=O)N[C@@H](CCCN=C(N)N)C(=O)c3nccs3)c2=O)cc1. The Balaban J connectivity index is 1.69. The molecule has 0 aliphatic carbocycles. The van der Waals surface area contributed by atoms with Crippen LogP contribution in [0.1, 0.15) is 39.3 Å². The molecule has 3 rings (SSSR count). The lowest BCUT2D eigenvalue weighted by molar-refractivity contribution is -0.122. The number of hydrogen-bond acceptors (Lipinski definition) is 7. The number of benzene rings is 1. The van der Waals surface area contributed by atoms with Crippen LogP contribution in [0.25, 0.3) is 0 Å². The molecule has 1 atom stereocenters. The van der Waals surface area contributed by atoms with Crippen molar-refractivity contribution in [2.24, 2.45) is 22.2 Å². The lowest BCUT2D eigenvalue weighted by atomic mass is 10.0. The number of carbonyl (C=O) groups is 2. The van der Waals surface area contributed by atoms with E-state index in [1.54, 1.807) is 41.8 Å². The highest BCUT2D eigenvalue weighted by Gasteiger charge is 2.24. The van der Waals surface area contributed by atoms with Crippen LogP contribution >= 0.6 is 11.3 Å². The molecule has 188 valence electrons. The molecule has 0 aliphatic rings. The first-order chi connectivity index (χ1) is 17.2. The number of pyridine rings is 1. The molecule has 0 saturated carbocycles. The van der Waals surface area contributed by atoms with Gasteiger partial charge in [-0.2, -0.15) is 0 Å². The summed E-state index contributed by atoms with van der Waals surface area (Å²) in [6, 6.07) is 9.62. The highest BCUT2D eigenvalue weighted by Crippen LogP contribution is 2.12. The summed E-state index contributed by atoms with van der Waals surface area (Å²) < 4.78 is 1.30. The van der Waals surface area contributed by atoms with Crippen LogP contribution in [0.15, 0.2) is 64.0 Å². The van der Waals surface area contributed by atoms with Gasteiger partial charge in [-0.05, 0) is 24.5 Å². The Morgan fingerprint density at radius 1 is 1.17 bits per heavy atom. The summed E-state index contributed by atoms with van der Waals surface area (Å²) in [5.74, 6) is -0.858. The van der Waals surface area contributed by atoms with Crippen LogP contribution in [0.4, 0.5) is 0 Å². The summed E-state index contributed by atoms with van der Waals surface area (Å²) in [4.78, 5) is 46.6. The number of Topliss-reactive ketones (excluding diaryl/α,β-unsaturated/α-hetero) is 1. The van der Waals surface area contributed by atoms with Crippen molar-refractivity contribution in [1.29, 1.82) is 5.41 Å². The first kappa shape index (κ1) is 26.3. The fourth-order valence-electron chi connectivity index (χ4n) is 3.53.